The summed E-state index contributed by atoms with van der Waals surface area (Å²) < 4.78 is 0. The van der Waals surface area contributed by atoms with E-state index in [2.05, 4.69) is 15.5 Å². The number of allylic oxidation sites excluding steroid dienone is 1. The van der Waals surface area contributed by atoms with Crippen molar-refractivity contribution < 1.29 is 0 Å². The van der Waals surface area contributed by atoms with Crippen LogP contribution in [0.5, 0.6) is 0 Å². The largest absolute Gasteiger partial charge is 0.384 e. The second-order valence-corrected chi connectivity index (χ2v) is 4.63. The lowest BCUT2D eigenvalue weighted by molar-refractivity contribution is 0.706. The van der Waals surface area contributed by atoms with Crippen LogP contribution in [0.1, 0.15) is 31.2 Å². The van der Waals surface area contributed by atoms with E-state index in [9.17, 15) is 4.91 Å². The summed E-state index contributed by atoms with van der Waals surface area (Å²) in [6.07, 6.45) is 5.38. The molecule has 1 aliphatic rings. The molecule has 0 aromatic carbocycles. The van der Waals surface area contributed by atoms with Gasteiger partial charge in [0.2, 0.25) is 0 Å². The van der Waals surface area contributed by atoms with Gasteiger partial charge in [-0.2, -0.15) is 0 Å². The van der Waals surface area contributed by atoms with Gasteiger partial charge in [-0.15, -0.1) is 4.91 Å². The van der Waals surface area contributed by atoms with Gasteiger partial charge in [0.05, 0.1) is 6.20 Å². The van der Waals surface area contributed by atoms with Crippen molar-refractivity contribution in [3.05, 3.63) is 45.9 Å². The SMILES string of the molecule is CC(/C(=C/N=O)NC1CC1)c1ccc(Cl)nc1. The van der Waals surface area contributed by atoms with Gasteiger partial charge in [-0.3, -0.25) is 0 Å². The second kappa shape index (κ2) is 5.27. The third-order valence-electron chi connectivity index (χ3n) is 2.86. The smallest absolute Gasteiger partial charge is 0.129 e. The quantitative estimate of drug-likeness (QED) is 0.646. The van der Waals surface area contributed by atoms with Gasteiger partial charge < -0.3 is 5.32 Å². The van der Waals surface area contributed by atoms with Gasteiger partial charge in [-0.1, -0.05) is 24.6 Å². The molecule has 1 aromatic heterocycles. The maximum atomic E-state index is 10.4. The summed E-state index contributed by atoms with van der Waals surface area (Å²) >= 11 is 5.74. The van der Waals surface area contributed by atoms with Crippen molar-refractivity contribution >= 4 is 11.6 Å². The molecule has 1 heterocycles. The Morgan fingerprint density at radius 3 is 2.94 bits per heavy atom. The van der Waals surface area contributed by atoms with E-state index in [0.29, 0.717) is 11.2 Å². The van der Waals surface area contributed by atoms with Gasteiger partial charge in [0.25, 0.3) is 0 Å². The lowest BCUT2D eigenvalue weighted by Gasteiger charge is -2.16. The number of rotatable bonds is 5. The monoisotopic (exact) mass is 251 g/mol. The number of nitroso groups, excluding NO2 is 1. The first-order valence-corrected chi connectivity index (χ1v) is 5.99. The highest BCUT2D eigenvalue weighted by molar-refractivity contribution is 6.29. The van der Waals surface area contributed by atoms with Crippen molar-refractivity contribution in [3.8, 4) is 0 Å². The summed E-state index contributed by atoms with van der Waals surface area (Å²) in [5.41, 5.74) is 1.85. The van der Waals surface area contributed by atoms with Crippen molar-refractivity contribution in [1.82, 2.24) is 10.3 Å². The maximum Gasteiger partial charge on any atom is 0.129 e. The van der Waals surface area contributed by atoms with Crippen LogP contribution in [0.2, 0.25) is 5.15 Å². The molecule has 17 heavy (non-hydrogen) atoms. The average Bonchev–Trinajstić information content (AvgIpc) is 3.13. The van der Waals surface area contributed by atoms with Crippen LogP contribution in [0, 0.1) is 4.91 Å². The molecule has 5 heteroatoms. The number of aromatic nitrogens is 1. The van der Waals surface area contributed by atoms with Crippen LogP contribution < -0.4 is 5.32 Å². The Morgan fingerprint density at radius 2 is 2.41 bits per heavy atom. The van der Waals surface area contributed by atoms with Crippen molar-refractivity contribution in [1.29, 1.82) is 0 Å². The molecule has 90 valence electrons. The van der Waals surface area contributed by atoms with E-state index in [4.69, 9.17) is 11.6 Å². The van der Waals surface area contributed by atoms with E-state index in [1.807, 2.05) is 13.0 Å². The summed E-state index contributed by atoms with van der Waals surface area (Å²) in [7, 11) is 0. The van der Waals surface area contributed by atoms with E-state index in [0.717, 1.165) is 24.1 Å². The first-order valence-electron chi connectivity index (χ1n) is 5.61. The van der Waals surface area contributed by atoms with E-state index in [1.54, 1.807) is 12.3 Å². The minimum Gasteiger partial charge on any atom is -0.384 e. The van der Waals surface area contributed by atoms with Crippen LogP contribution in [-0.2, 0) is 0 Å². The predicted octanol–water partition coefficient (Wildman–Crippen LogP) is 3.20. The van der Waals surface area contributed by atoms with Crippen LogP contribution in [0.15, 0.2) is 35.4 Å². The summed E-state index contributed by atoms with van der Waals surface area (Å²) in [5.74, 6) is 0.0677. The first kappa shape index (κ1) is 12.0. The Morgan fingerprint density at radius 1 is 1.65 bits per heavy atom. The Hall–Kier alpha value is -1.42. The zero-order valence-electron chi connectivity index (χ0n) is 9.56. The van der Waals surface area contributed by atoms with E-state index < -0.39 is 0 Å². The topological polar surface area (TPSA) is 54.4 Å². The molecule has 4 nitrogen and oxygen atoms in total. The van der Waals surface area contributed by atoms with E-state index >= 15 is 0 Å². The molecule has 1 aliphatic carbocycles. The molecule has 1 unspecified atom stereocenters. The van der Waals surface area contributed by atoms with Crippen LogP contribution in [-0.4, -0.2) is 11.0 Å². The fourth-order valence-corrected chi connectivity index (χ4v) is 1.73. The maximum absolute atomic E-state index is 10.4. The molecule has 1 N–H and O–H groups in total. The summed E-state index contributed by atoms with van der Waals surface area (Å²) in [6, 6.07) is 4.15. The van der Waals surface area contributed by atoms with Gasteiger partial charge in [-0.25, -0.2) is 4.98 Å². The van der Waals surface area contributed by atoms with Crippen molar-refractivity contribution in [2.75, 3.05) is 0 Å². The minimum absolute atomic E-state index is 0.0677. The lowest BCUT2D eigenvalue weighted by Crippen LogP contribution is -2.20. The van der Waals surface area contributed by atoms with Crippen LogP contribution in [0.3, 0.4) is 0 Å². The molecule has 1 saturated carbocycles. The lowest BCUT2D eigenvalue weighted by atomic mass is 10.00. The molecule has 0 spiro atoms. The highest BCUT2D eigenvalue weighted by Gasteiger charge is 2.24. The van der Waals surface area contributed by atoms with Crippen molar-refractivity contribution in [2.24, 2.45) is 5.18 Å². The van der Waals surface area contributed by atoms with Crippen molar-refractivity contribution in [2.45, 2.75) is 31.7 Å². The van der Waals surface area contributed by atoms with Gasteiger partial charge in [0, 0.05) is 23.9 Å². The molecule has 0 aliphatic heterocycles. The third kappa shape index (κ3) is 3.27. The second-order valence-electron chi connectivity index (χ2n) is 4.24. The fourth-order valence-electron chi connectivity index (χ4n) is 1.62. The normalized spacial score (nSPS) is 17.6. The van der Waals surface area contributed by atoms with E-state index in [-0.39, 0.29) is 5.92 Å². The van der Waals surface area contributed by atoms with Gasteiger partial charge in [-0.05, 0) is 29.6 Å². The molecule has 0 amide bonds. The zero-order valence-corrected chi connectivity index (χ0v) is 10.3. The highest BCUT2D eigenvalue weighted by Crippen LogP contribution is 2.27. The third-order valence-corrected chi connectivity index (χ3v) is 3.08. The standard InChI is InChI=1S/C12H14ClN3O/c1-8(9-2-5-12(13)14-6-9)11(7-15-17)16-10-3-4-10/h2,5-8,10,16H,3-4H2,1H3/b11-7-. The number of hydrogen-bond donors (Lipinski definition) is 1. The minimum atomic E-state index is 0.0677. The van der Waals surface area contributed by atoms with Crippen LogP contribution in [0.25, 0.3) is 0 Å². The van der Waals surface area contributed by atoms with Crippen LogP contribution >= 0.6 is 11.6 Å². The van der Waals surface area contributed by atoms with Gasteiger partial charge >= 0.3 is 0 Å². The molecule has 1 aromatic rings. The molecule has 1 atom stereocenters. The summed E-state index contributed by atoms with van der Waals surface area (Å²) in [5, 5.41) is 6.64. The molecule has 2 rings (SSSR count). The van der Waals surface area contributed by atoms with E-state index in [1.165, 1.54) is 6.20 Å². The molecule has 0 radical (unpaired) electrons. The van der Waals surface area contributed by atoms with Gasteiger partial charge in [0.15, 0.2) is 0 Å². The summed E-state index contributed by atoms with van der Waals surface area (Å²) in [4.78, 5) is 14.4. The van der Waals surface area contributed by atoms with Gasteiger partial charge in [0.1, 0.15) is 5.15 Å². The summed E-state index contributed by atoms with van der Waals surface area (Å²) in [6.45, 7) is 2.01. The van der Waals surface area contributed by atoms with Crippen molar-refractivity contribution in [3.63, 3.8) is 0 Å². The molecule has 0 bridgehead atoms. The predicted molar refractivity (Wildman–Crippen MR) is 67.7 cm³/mol. The number of halogens is 1. The number of pyridine rings is 1. The Bertz CT molecular complexity index is 426. The molecule has 1 fully saturated rings. The average molecular weight is 252 g/mol. The molecule has 0 saturated heterocycles. The highest BCUT2D eigenvalue weighted by atomic mass is 35.5. The first-order chi connectivity index (χ1) is 8.20. The molecular formula is C12H14ClN3O. The zero-order chi connectivity index (χ0) is 12.3. The number of nitrogens with one attached hydrogen (secondary N) is 1. The van der Waals surface area contributed by atoms with Crippen LogP contribution in [0.4, 0.5) is 0 Å². The Kier molecular flexibility index (Phi) is 3.74. The Labute approximate surface area is 105 Å². The number of nitrogens with zero attached hydrogens (tertiary/aromatic N) is 2. The molecular weight excluding hydrogens is 238 g/mol. The Balaban J connectivity index is 2.14. The fraction of sp³-hybridized carbons (Fsp3) is 0.417. The number of hydrogen-bond acceptors (Lipinski definition) is 4.